The third-order valence-electron chi connectivity index (χ3n) is 5.89. The number of hydrogen-bond donors (Lipinski definition) is 2. The van der Waals surface area contributed by atoms with Crippen molar-refractivity contribution in [3.63, 3.8) is 0 Å². The Morgan fingerprint density at radius 1 is 1.25 bits per heavy atom. The van der Waals surface area contributed by atoms with Gasteiger partial charge in [0.1, 0.15) is 0 Å². The van der Waals surface area contributed by atoms with Crippen LogP contribution in [0.25, 0.3) is 16.9 Å². The molecule has 1 aromatic carbocycles. The van der Waals surface area contributed by atoms with Crippen LogP contribution in [0.1, 0.15) is 35.2 Å². The maximum atomic E-state index is 12.7. The highest BCUT2D eigenvalue weighted by atomic mass is 16.5. The molecule has 1 amide bonds. The van der Waals surface area contributed by atoms with Crippen LogP contribution in [0.2, 0.25) is 0 Å². The number of rotatable bonds is 8. The number of hydrogen-bond acceptors (Lipinski definition) is 6. The number of benzene rings is 1. The summed E-state index contributed by atoms with van der Waals surface area (Å²) in [6.07, 6.45) is 6.20. The summed E-state index contributed by atoms with van der Waals surface area (Å²) >= 11 is 0. The Bertz CT molecular complexity index is 1080. The van der Waals surface area contributed by atoms with E-state index in [0.717, 1.165) is 30.4 Å². The lowest BCUT2D eigenvalue weighted by Crippen LogP contribution is -2.38. The molecule has 2 aromatic heterocycles. The van der Waals surface area contributed by atoms with Crippen molar-refractivity contribution in [2.24, 2.45) is 10.9 Å². The van der Waals surface area contributed by atoms with Crippen LogP contribution >= 0.6 is 0 Å². The first kappa shape index (κ1) is 21.7. The van der Waals surface area contributed by atoms with Crippen molar-refractivity contribution >= 4 is 12.6 Å². The smallest absolute Gasteiger partial charge is 0.253 e. The lowest BCUT2D eigenvalue weighted by atomic mass is 10.0. The highest BCUT2D eigenvalue weighted by molar-refractivity contribution is 5.94. The minimum Gasteiger partial charge on any atom is -0.493 e. The largest absolute Gasteiger partial charge is 0.493 e. The van der Waals surface area contributed by atoms with Gasteiger partial charge < -0.3 is 15.2 Å². The topological polar surface area (TPSA) is 102 Å². The summed E-state index contributed by atoms with van der Waals surface area (Å²) in [5.74, 6) is 0.600. The molecule has 4 rings (SSSR count). The number of aliphatic imine (C=N–C) groups is 1. The molecule has 1 aliphatic rings. The van der Waals surface area contributed by atoms with Gasteiger partial charge in [-0.25, -0.2) is 4.98 Å². The summed E-state index contributed by atoms with van der Waals surface area (Å²) in [4.78, 5) is 20.9. The minimum atomic E-state index is -0.156. The van der Waals surface area contributed by atoms with E-state index >= 15 is 0 Å². The van der Waals surface area contributed by atoms with Gasteiger partial charge in [-0.15, -0.1) is 0 Å². The third-order valence-corrected chi connectivity index (χ3v) is 5.89. The van der Waals surface area contributed by atoms with E-state index in [2.05, 4.69) is 27.1 Å². The van der Waals surface area contributed by atoms with Crippen LogP contribution in [0.5, 0.6) is 5.88 Å². The number of pyridine rings is 1. The van der Waals surface area contributed by atoms with Crippen molar-refractivity contribution in [3.8, 4) is 22.8 Å². The zero-order valence-corrected chi connectivity index (χ0v) is 18.1. The fourth-order valence-electron chi connectivity index (χ4n) is 4.17. The molecule has 1 saturated carbocycles. The Morgan fingerprint density at radius 2 is 2.06 bits per heavy atom. The molecular weight excluding hydrogens is 406 g/mol. The van der Waals surface area contributed by atoms with Crippen LogP contribution in [-0.2, 0) is 11.3 Å². The maximum absolute atomic E-state index is 12.7. The van der Waals surface area contributed by atoms with E-state index < -0.39 is 0 Å². The summed E-state index contributed by atoms with van der Waals surface area (Å²) in [6.45, 7) is 4.69. The van der Waals surface area contributed by atoms with Gasteiger partial charge in [0.15, 0.2) is 5.82 Å². The second-order valence-corrected chi connectivity index (χ2v) is 8.00. The molecule has 0 aliphatic heterocycles. The average Bonchev–Trinajstić information content (AvgIpc) is 3.41. The molecule has 1 aliphatic carbocycles. The summed E-state index contributed by atoms with van der Waals surface area (Å²) in [7, 11) is 1.69. The van der Waals surface area contributed by atoms with E-state index in [1.54, 1.807) is 25.4 Å². The van der Waals surface area contributed by atoms with Crippen LogP contribution in [0.3, 0.4) is 0 Å². The van der Waals surface area contributed by atoms with E-state index in [1.807, 2.05) is 24.3 Å². The number of aromatic hydroxyl groups is 1. The van der Waals surface area contributed by atoms with E-state index in [4.69, 9.17) is 4.74 Å². The summed E-state index contributed by atoms with van der Waals surface area (Å²) in [5, 5.41) is 18.1. The van der Waals surface area contributed by atoms with E-state index in [0.29, 0.717) is 36.0 Å². The maximum Gasteiger partial charge on any atom is 0.253 e. The number of nitrogens with zero attached hydrogens (tertiary/aromatic N) is 4. The molecule has 3 aromatic rings. The van der Waals surface area contributed by atoms with Crippen molar-refractivity contribution in [3.05, 3.63) is 59.9 Å². The van der Waals surface area contributed by atoms with Crippen LogP contribution < -0.4 is 5.32 Å². The van der Waals surface area contributed by atoms with E-state index in [9.17, 15) is 9.90 Å². The monoisotopic (exact) mass is 433 g/mol. The molecule has 166 valence electrons. The van der Waals surface area contributed by atoms with Gasteiger partial charge in [-0.2, -0.15) is 9.78 Å². The van der Waals surface area contributed by atoms with Crippen molar-refractivity contribution < 1.29 is 14.6 Å². The molecule has 0 saturated heterocycles. The average molecular weight is 434 g/mol. The van der Waals surface area contributed by atoms with Gasteiger partial charge >= 0.3 is 0 Å². The quantitative estimate of drug-likeness (QED) is 0.530. The normalized spacial score (nSPS) is 17.9. The summed E-state index contributed by atoms with van der Waals surface area (Å²) in [6, 6.07) is 11.2. The molecule has 2 atom stereocenters. The standard InChI is InChI=1S/C24H27N5O3/c1-25-12-16-6-8-17(9-7-16)20-14-27-29(24(20)31)22-11-10-18(13-26-22)23(30)28-21-5-3-4-19(21)15-32-2/h6-11,13-14,19,21,31H,1,3-5,12,15H2,2H3,(H,28,30)/t19-,21-/m1/s1. The van der Waals surface area contributed by atoms with Gasteiger partial charge in [0.05, 0.1) is 30.5 Å². The summed E-state index contributed by atoms with van der Waals surface area (Å²) < 4.78 is 6.62. The zero-order chi connectivity index (χ0) is 22.5. The van der Waals surface area contributed by atoms with Gasteiger partial charge in [-0.1, -0.05) is 30.7 Å². The van der Waals surface area contributed by atoms with Crippen molar-refractivity contribution in [1.29, 1.82) is 0 Å². The van der Waals surface area contributed by atoms with E-state index in [1.165, 1.54) is 10.9 Å². The van der Waals surface area contributed by atoms with Crippen LogP contribution in [0, 0.1) is 5.92 Å². The Hall–Kier alpha value is -3.52. The van der Waals surface area contributed by atoms with Crippen LogP contribution in [0.4, 0.5) is 0 Å². The highest BCUT2D eigenvalue weighted by Gasteiger charge is 2.28. The Labute approximate surface area is 187 Å². The highest BCUT2D eigenvalue weighted by Crippen LogP contribution is 2.31. The number of methoxy groups -OCH3 is 1. The number of ether oxygens (including phenoxy) is 1. The molecular formula is C24H27N5O3. The van der Waals surface area contributed by atoms with Gasteiger partial charge in [-0.05, 0) is 42.8 Å². The summed E-state index contributed by atoms with van der Waals surface area (Å²) in [5.41, 5.74) is 2.93. The van der Waals surface area contributed by atoms with Gasteiger partial charge in [0.25, 0.3) is 5.91 Å². The Morgan fingerprint density at radius 3 is 2.75 bits per heavy atom. The number of nitrogens with one attached hydrogen (secondary N) is 1. The molecule has 2 heterocycles. The van der Waals surface area contributed by atoms with E-state index in [-0.39, 0.29) is 17.8 Å². The SMILES string of the molecule is C=NCc1ccc(-c2cnn(-c3ccc(C(=O)N[C@@H]4CCC[C@@H]4COC)cn3)c2O)cc1. The first-order valence-corrected chi connectivity index (χ1v) is 10.7. The fraction of sp³-hybridized carbons (Fsp3) is 0.333. The number of carbonyl (C=O) groups excluding carboxylic acids is 1. The lowest BCUT2D eigenvalue weighted by Gasteiger charge is -2.20. The van der Waals surface area contributed by atoms with Gasteiger partial charge in [-0.3, -0.25) is 9.79 Å². The predicted octanol–water partition coefficient (Wildman–Crippen LogP) is 3.39. The zero-order valence-electron chi connectivity index (χ0n) is 18.1. The third kappa shape index (κ3) is 4.55. The molecule has 8 nitrogen and oxygen atoms in total. The number of carbonyl (C=O) groups is 1. The van der Waals surface area contributed by atoms with Gasteiger partial charge in [0.2, 0.25) is 5.88 Å². The van der Waals surface area contributed by atoms with Crippen molar-refractivity contribution in [1.82, 2.24) is 20.1 Å². The Balaban J connectivity index is 1.47. The Kier molecular flexibility index (Phi) is 6.61. The van der Waals surface area contributed by atoms with Crippen molar-refractivity contribution in [2.75, 3.05) is 13.7 Å². The molecule has 8 heteroatoms. The molecule has 0 radical (unpaired) electrons. The minimum absolute atomic E-state index is 0.0161. The predicted molar refractivity (Wildman–Crippen MR) is 122 cm³/mol. The number of amides is 1. The lowest BCUT2D eigenvalue weighted by molar-refractivity contribution is 0.0898. The van der Waals surface area contributed by atoms with Crippen LogP contribution in [-0.4, -0.2) is 52.3 Å². The first-order chi connectivity index (χ1) is 15.6. The molecule has 0 unspecified atom stereocenters. The molecule has 0 bridgehead atoms. The second-order valence-electron chi connectivity index (χ2n) is 8.00. The molecule has 0 spiro atoms. The van der Waals surface area contributed by atoms with Gasteiger partial charge in [0, 0.05) is 25.3 Å². The molecule has 1 fully saturated rings. The first-order valence-electron chi connectivity index (χ1n) is 10.7. The number of aromatic nitrogens is 3. The van der Waals surface area contributed by atoms with Crippen LogP contribution in [0.15, 0.2) is 53.8 Å². The molecule has 2 N–H and O–H groups in total. The van der Waals surface area contributed by atoms with Crippen molar-refractivity contribution in [2.45, 2.75) is 31.8 Å². The fourth-order valence-corrected chi connectivity index (χ4v) is 4.17. The molecule has 32 heavy (non-hydrogen) atoms. The second kappa shape index (κ2) is 9.74.